The molecule has 16 nitrogen and oxygen atoms in total. The molecule has 1 aromatic heterocycles. The fourth-order valence-electron chi connectivity index (χ4n) is 7.99. The first-order valence-electron chi connectivity index (χ1n) is 19.0. The van der Waals surface area contributed by atoms with E-state index < -0.39 is 98.1 Å². The van der Waals surface area contributed by atoms with E-state index >= 15 is 0 Å². The molecule has 0 radical (unpaired) electrons. The Bertz CT molecular complexity index is 1960. The van der Waals surface area contributed by atoms with E-state index in [0.29, 0.717) is 50.0 Å². The number of nitrogens with one attached hydrogen (secondary N) is 3. The van der Waals surface area contributed by atoms with Crippen molar-refractivity contribution in [2.75, 3.05) is 43.7 Å². The molecule has 3 N–H and O–H groups in total. The summed E-state index contributed by atoms with van der Waals surface area (Å²) in [6.07, 6.45) is 5.10. The number of hydrogen-bond acceptors (Lipinski definition) is 11. The molecule has 4 aliphatic heterocycles. The maximum absolute atomic E-state index is 14.3. The monoisotopic (exact) mass is 831 g/mol. The number of nitrogens with zero attached hydrogens (tertiary/aromatic N) is 4. The van der Waals surface area contributed by atoms with Crippen molar-refractivity contribution >= 4 is 67.4 Å². The van der Waals surface area contributed by atoms with E-state index in [2.05, 4.69) is 20.9 Å². The number of carbonyl (C=O) groups excluding carboxylic acids is 6. The van der Waals surface area contributed by atoms with Gasteiger partial charge in [-0.25, -0.2) is 13.4 Å². The number of thiazole rings is 1. The third-order valence-electron chi connectivity index (χ3n) is 10.8. The highest BCUT2D eigenvalue weighted by molar-refractivity contribution is 7.90. The molecule has 0 spiro atoms. The summed E-state index contributed by atoms with van der Waals surface area (Å²) in [6, 6.07) is 3.43. The summed E-state index contributed by atoms with van der Waals surface area (Å²) in [4.78, 5) is 93.3. The van der Waals surface area contributed by atoms with Crippen LogP contribution in [0.4, 0.5) is 0 Å². The molecular formula is C37H49N7O9S3. The quantitative estimate of drug-likeness (QED) is 0.332. The van der Waals surface area contributed by atoms with Crippen LogP contribution in [-0.4, -0.2) is 142 Å². The van der Waals surface area contributed by atoms with Crippen molar-refractivity contribution in [3.05, 3.63) is 52.0 Å². The molecule has 1 aromatic carbocycles. The topological polar surface area (TPSA) is 212 Å². The van der Waals surface area contributed by atoms with Crippen LogP contribution in [-0.2, 0) is 51.0 Å². The lowest BCUT2D eigenvalue weighted by Crippen LogP contribution is -2.58. The van der Waals surface area contributed by atoms with Crippen molar-refractivity contribution in [3.63, 3.8) is 0 Å². The number of hydrogen-bond donors (Lipinski definition) is 3. The molecule has 3 fully saturated rings. The molecule has 5 heterocycles. The van der Waals surface area contributed by atoms with Gasteiger partial charge in [-0.3, -0.25) is 33.0 Å². The summed E-state index contributed by atoms with van der Waals surface area (Å²) in [5.41, 5.74) is 0.893. The Labute approximate surface area is 332 Å². The van der Waals surface area contributed by atoms with Gasteiger partial charge in [0.15, 0.2) is 0 Å². The Morgan fingerprint density at radius 1 is 0.750 bits per heavy atom. The van der Waals surface area contributed by atoms with Crippen molar-refractivity contribution in [1.82, 2.24) is 35.6 Å². The predicted molar refractivity (Wildman–Crippen MR) is 208 cm³/mol. The molecule has 4 aliphatic rings. The van der Waals surface area contributed by atoms with E-state index in [1.54, 1.807) is 0 Å². The minimum Gasteiger partial charge on any atom is -0.345 e. The Balaban J connectivity index is 1.38. The highest BCUT2D eigenvalue weighted by Gasteiger charge is 2.45. The second kappa shape index (κ2) is 17.9. The van der Waals surface area contributed by atoms with Crippen molar-refractivity contribution in [3.8, 4) is 0 Å². The van der Waals surface area contributed by atoms with E-state index in [0.717, 1.165) is 23.2 Å². The van der Waals surface area contributed by atoms with Crippen LogP contribution in [0.25, 0.3) is 0 Å². The van der Waals surface area contributed by atoms with Crippen LogP contribution in [0, 0.1) is 0 Å². The largest absolute Gasteiger partial charge is 0.345 e. The van der Waals surface area contributed by atoms with E-state index in [-0.39, 0.29) is 43.9 Å². The van der Waals surface area contributed by atoms with Crippen molar-refractivity contribution < 1.29 is 41.4 Å². The van der Waals surface area contributed by atoms with E-state index in [1.807, 2.05) is 30.3 Å². The summed E-state index contributed by atoms with van der Waals surface area (Å²) in [6.45, 7) is 0.679. The molecule has 7 unspecified atom stereocenters. The summed E-state index contributed by atoms with van der Waals surface area (Å²) in [5.74, 6) is -3.56. The van der Waals surface area contributed by atoms with Crippen molar-refractivity contribution in [1.29, 1.82) is 0 Å². The van der Waals surface area contributed by atoms with Gasteiger partial charge < -0.3 is 30.7 Å². The zero-order valence-electron chi connectivity index (χ0n) is 31.5. The van der Waals surface area contributed by atoms with Gasteiger partial charge in [0.05, 0.1) is 11.8 Å². The van der Waals surface area contributed by atoms with Gasteiger partial charge in [0, 0.05) is 54.1 Å². The molecule has 6 rings (SSSR count). The minimum atomic E-state index is -3.55. The molecular weight excluding hydrogens is 783 g/mol. The molecule has 2 bridgehead atoms. The third kappa shape index (κ3) is 9.82. The highest BCUT2D eigenvalue weighted by atomic mass is 32.2. The molecule has 2 aromatic rings. The Kier molecular flexibility index (Phi) is 13.3. The van der Waals surface area contributed by atoms with Gasteiger partial charge in [-0.2, -0.15) is 0 Å². The van der Waals surface area contributed by atoms with E-state index in [1.165, 1.54) is 26.3 Å². The van der Waals surface area contributed by atoms with Gasteiger partial charge in [0.1, 0.15) is 50.7 Å². The maximum atomic E-state index is 14.3. The average molecular weight is 832 g/mol. The first-order valence-corrected chi connectivity index (χ1v) is 23.7. The molecule has 19 heteroatoms. The van der Waals surface area contributed by atoms with Crippen LogP contribution < -0.4 is 16.0 Å². The van der Waals surface area contributed by atoms with Crippen LogP contribution in [0.15, 0.2) is 35.7 Å². The standard InChI is InChI=1S/C37H49N7O9S3/c1-55(51)19-14-24-35(48)44-18-8-13-30(44)37(50)43-17-7-12-29(43)32(46)39-25(15-20-56(2,52)53)36(49)42-16-6-11-28(42)33(47)40-26(21-23-9-4-3-5-10-23)34-41-27(22-54-34)31(45)38-24/h3-5,9-10,22,24-26,28-30H,6-8,11-21H2,1-2H3,(H,38,45)(H,39,46)(H,40,47). The smallest absolute Gasteiger partial charge is 0.271 e. The average Bonchev–Trinajstić information content (AvgIpc) is 4.00. The first kappa shape index (κ1) is 41.4. The SMILES string of the molecule is CS(=O)CCC1NC(=O)c2csc(n2)C(Cc2ccccc2)NC(=O)C2CCCN2C(=O)C(CCS(C)(=O)=O)NC(=O)C2CCCN2C(=O)C2CCCN2C1=O. The van der Waals surface area contributed by atoms with Crippen LogP contribution in [0.3, 0.4) is 0 Å². The fraction of sp³-hybridized carbons (Fsp3) is 0.595. The number of amides is 6. The normalized spacial score (nSPS) is 27.5. The maximum Gasteiger partial charge on any atom is 0.271 e. The molecule has 304 valence electrons. The summed E-state index contributed by atoms with van der Waals surface area (Å²) in [5, 5.41) is 10.5. The predicted octanol–water partition coefficient (Wildman–Crippen LogP) is 0.316. The van der Waals surface area contributed by atoms with Gasteiger partial charge in [-0.05, 0) is 63.4 Å². The third-order valence-corrected chi connectivity index (χ3v) is 13.6. The van der Waals surface area contributed by atoms with Gasteiger partial charge in [0.2, 0.25) is 29.5 Å². The molecule has 7 atom stereocenters. The van der Waals surface area contributed by atoms with Crippen LogP contribution in [0.2, 0.25) is 0 Å². The van der Waals surface area contributed by atoms with Crippen LogP contribution in [0.5, 0.6) is 0 Å². The lowest BCUT2D eigenvalue weighted by atomic mass is 10.1. The van der Waals surface area contributed by atoms with Crippen molar-refractivity contribution in [2.24, 2.45) is 0 Å². The zero-order chi connectivity index (χ0) is 40.1. The Hall–Kier alpha value is -4.23. The van der Waals surface area contributed by atoms with Gasteiger partial charge in [-0.1, -0.05) is 30.3 Å². The summed E-state index contributed by atoms with van der Waals surface area (Å²) in [7, 11) is -4.84. The molecule has 0 aliphatic carbocycles. The molecule has 6 amide bonds. The highest BCUT2D eigenvalue weighted by Crippen LogP contribution is 2.28. The van der Waals surface area contributed by atoms with E-state index in [9.17, 15) is 41.4 Å². The fourth-order valence-corrected chi connectivity index (χ4v) is 10.1. The molecule has 3 saturated heterocycles. The van der Waals surface area contributed by atoms with Crippen molar-refractivity contribution in [2.45, 2.75) is 94.0 Å². The molecule has 56 heavy (non-hydrogen) atoms. The summed E-state index contributed by atoms with van der Waals surface area (Å²) >= 11 is 1.15. The van der Waals surface area contributed by atoms with Gasteiger partial charge in [0.25, 0.3) is 5.91 Å². The first-order chi connectivity index (χ1) is 26.7. The zero-order valence-corrected chi connectivity index (χ0v) is 34.0. The Morgan fingerprint density at radius 3 is 1.88 bits per heavy atom. The van der Waals surface area contributed by atoms with E-state index in [4.69, 9.17) is 0 Å². The molecule has 0 saturated carbocycles. The number of carbonyl (C=O) groups is 6. The lowest BCUT2D eigenvalue weighted by Gasteiger charge is -2.34. The Morgan fingerprint density at radius 2 is 1.29 bits per heavy atom. The number of aromatic nitrogens is 1. The number of benzene rings is 1. The van der Waals surface area contributed by atoms with Gasteiger partial charge in [-0.15, -0.1) is 11.3 Å². The lowest BCUT2D eigenvalue weighted by molar-refractivity contribution is -0.148. The number of rotatable bonds is 8. The second-order valence-electron chi connectivity index (χ2n) is 15.0. The van der Waals surface area contributed by atoms with Crippen LogP contribution in [0.1, 0.15) is 78.5 Å². The number of sulfone groups is 1. The minimum absolute atomic E-state index is 0.0172. The second-order valence-corrected chi connectivity index (χ2v) is 19.7. The number of fused-ring (bicyclic) bond motifs is 5. The van der Waals surface area contributed by atoms with Gasteiger partial charge >= 0.3 is 0 Å². The summed E-state index contributed by atoms with van der Waals surface area (Å²) < 4.78 is 36.8. The van der Waals surface area contributed by atoms with Crippen LogP contribution >= 0.6 is 11.3 Å².